The highest BCUT2D eigenvalue weighted by atomic mass is 35.5. The van der Waals surface area contributed by atoms with E-state index in [9.17, 15) is 14.7 Å². The summed E-state index contributed by atoms with van der Waals surface area (Å²) in [5.74, 6) is -1.05. The fourth-order valence-corrected chi connectivity index (χ4v) is 3.80. The van der Waals surface area contributed by atoms with E-state index >= 15 is 0 Å². The Bertz CT molecular complexity index is 1370. The zero-order valence-electron chi connectivity index (χ0n) is 19.8. The Hall–Kier alpha value is -4.30. The molecule has 0 fully saturated rings. The highest BCUT2D eigenvalue weighted by Crippen LogP contribution is 2.34. The zero-order chi connectivity index (χ0) is 26.2. The summed E-state index contributed by atoms with van der Waals surface area (Å²) in [4.78, 5) is 22.7. The average molecular weight is 521 g/mol. The van der Waals surface area contributed by atoms with Crippen LogP contribution in [0, 0.1) is 0 Å². The second-order valence-corrected chi connectivity index (χ2v) is 8.72. The van der Waals surface area contributed by atoms with Gasteiger partial charge in [-0.1, -0.05) is 54.1 Å². The lowest BCUT2D eigenvalue weighted by molar-refractivity contribution is -0.137. The molecule has 0 saturated heterocycles. The van der Waals surface area contributed by atoms with Gasteiger partial charge in [0.2, 0.25) is 0 Å². The summed E-state index contributed by atoms with van der Waals surface area (Å²) >= 11 is 5.96. The number of nitrogens with zero attached hydrogens (tertiary/aromatic N) is 2. The summed E-state index contributed by atoms with van der Waals surface area (Å²) < 4.78 is 13.4. The van der Waals surface area contributed by atoms with Crippen molar-refractivity contribution in [1.82, 2.24) is 9.78 Å². The first-order chi connectivity index (χ1) is 17.9. The number of aliphatic carboxylic acids is 1. The molecule has 0 spiro atoms. The molecule has 0 bridgehead atoms. The minimum atomic E-state index is -1.15. The summed E-state index contributed by atoms with van der Waals surface area (Å²) in [6.07, 6.45) is 0.172. The third-order valence-corrected chi connectivity index (χ3v) is 5.80. The topological polar surface area (TPSA) is 111 Å². The number of aromatic carboxylic acids is 1. The van der Waals surface area contributed by atoms with Crippen LogP contribution in [0.2, 0.25) is 5.02 Å². The van der Waals surface area contributed by atoms with E-state index in [2.05, 4.69) is 5.10 Å². The Balaban J connectivity index is 1.61. The summed E-state index contributed by atoms with van der Waals surface area (Å²) in [6.45, 7) is 0.784. The van der Waals surface area contributed by atoms with Gasteiger partial charge >= 0.3 is 11.9 Å². The lowest BCUT2D eigenvalue weighted by Gasteiger charge is -2.13. The lowest BCUT2D eigenvalue weighted by atomic mass is 10.1. The van der Waals surface area contributed by atoms with Crippen molar-refractivity contribution < 1.29 is 29.3 Å². The molecule has 0 saturated carbocycles. The molecule has 1 aromatic heterocycles. The van der Waals surface area contributed by atoms with Gasteiger partial charge in [0.25, 0.3) is 0 Å². The van der Waals surface area contributed by atoms with Crippen molar-refractivity contribution in [1.29, 1.82) is 0 Å². The Kier molecular flexibility index (Phi) is 8.43. The largest absolute Gasteiger partial charge is 0.489 e. The van der Waals surface area contributed by atoms with E-state index in [0.717, 1.165) is 11.1 Å². The first-order valence-electron chi connectivity index (χ1n) is 11.6. The molecular weight excluding hydrogens is 496 g/mol. The molecule has 0 atom stereocenters. The maximum atomic E-state index is 11.8. The van der Waals surface area contributed by atoms with Crippen LogP contribution in [0.5, 0.6) is 11.5 Å². The maximum Gasteiger partial charge on any atom is 0.354 e. The van der Waals surface area contributed by atoms with Crippen molar-refractivity contribution in [3.63, 3.8) is 0 Å². The molecule has 1 heterocycles. The minimum absolute atomic E-state index is 0.0301. The van der Waals surface area contributed by atoms with E-state index in [1.807, 2.05) is 42.5 Å². The molecule has 3 aromatic carbocycles. The Morgan fingerprint density at radius 3 is 2.27 bits per heavy atom. The number of aryl methyl sites for hydroxylation is 1. The van der Waals surface area contributed by atoms with Gasteiger partial charge < -0.3 is 19.7 Å². The quantitative estimate of drug-likeness (QED) is 0.238. The standard InChI is InChI=1S/C28H25ClN2O6/c29-21-10-8-20(9-11-21)17-36-22-12-13-23(26(15-22)37-18-19-5-2-1-3-6-19)24-16-25(28(34)35)31(30-24)14-4-7-27(32)33/h1-3,5-6,8-13,15-16H,4,7,14,17-18H2,(H,32,33)(H,34,35). The van der Waals surface area contributed by atoms with Crippen molar-refractivity contribution >= 4 is 23.5 Å². The van der Waals surface area contributed by atoms with Gasteiger partial charge in [-0.25, -0.2) is 4.79 Å². The van der Waals surface area contributed by atoms with E-state index < -0.39 is 11.9 Å². The fourth-order valence-electron chi connectivity index (χ4n) is 3.68. The Labute approximate surface area is 218 Å². The van der Waals surface area contributed by atoms with Crippen LogP contribution in [0.3, 0.4) is 0 Å². The van der Waals surface area contributed by atoms with Gasteiger partial charge in [-0.05, 0) is 47.9 Å². The van der Waals surface area contributed by atoms with Crippen molar-refractivity contribution in [2.75, 3.05) is 0 Å². The zero-order valence-corrected chi connectivity index (χ0v) is 20.6. The number of carboxylic acids is 2. The monoisotopic (exact) mass is 520 g/mol. The van der Waals surface area contributed by atoms with Crippen molar-refractivity contribution in [3.8, 4) is 22.8 Å². The third-order valence-electron chi connectivity index (χ3n) is 5.54. The van der Waals surface area contributed by atoms with Crippen LogP contribution in [-0.4, -0.2) is 31.9 Å². The molecule has 0 aliphatic rings. The molecule has 9 heteroatoms. The van der Waals surface area contributed by atoms with Gasteiger partial charge in [-0.2, -0.15) is 5.10 Å². The number of carboxylic acid groups (broad SMARTS) is 2. The number of ether oxygens (including phenoxy) is 2. The van der Waals surface area contributed by atoms with Gasteiger partial charge in [-0.3, -0.25) is 9.48 Å². The van der Waals surface area contributed by atoms with Crippen LogP contribution in [0.1, 0.15) is 34.5 Å². The first-order valence-corrected chi connectivity index (χ1v) is 12.0. The van der Waals surface area contributed by atoms with Crippen molar-refractivity contribution in [3.05, 3.63) is 101 Å². The van der Waals surface area contributed by atoms with Gasteiger partial charge in [-0.15, -0.1) is 0 Å². The number of aromatic nitrogens is 2. The summed E-state index contributed by atoms with van der Waals surface area (Å²) in [5, 5.41) is 23.7. The number of carbonyl (C=O) groups is 2. The van der Waals surface area contributed by atoms with Crippen LogP contribution in [0.15, 0.2) is 78.9 Å². The van der Waals surface area contributed by atoms with Gasteiger partial charge in [0, 0.05) is 29.6 Å². The molecule has 0 amide bonds. The van der Waals surface area contributed by atoms with Crippen molar-refractivity contribution in [2.45, 2.75) is 32.6 Å². The van der Waals surface area contributed by atoms with Crippen LogP contribution < -0.4 is 9.47 Å². The smallest absolute Gasteiger partial charge is 0.354 e. The summed E-state index contributed by atoms with van der Waals surface area (Å²) in [7, 11) is 0. The molecule has 0 unspecified atom stereocenters. The molecule has 8 nitrogen and oxygen atoms in total. The predicted molar refractivity (Wildman–Crippen MR) is 138 cm³/mol. The molecule has 0 aliphatic heterocycles. The molecule has 190 valence electrons. The minimum Gasteiger partial charge on any atom is -0.489 e. The lowest BCUT2D eigenvalue weighted by Crippen LogP contribution is -2.11. The number of benzene rings is 3. The van der Waals surface area contributed by atoms with Crippen LogP contribution in [-0.2, 0) is 24.6 Å². The normalized spacial score (nSPS) is 10.7. The highest BCUT2D eigenvalue weighted by Gasteiger charge is 2.19. The first kappa shape index (κ1) is 25.8. The molecule has 4 aromatic rings. The number of hydrogen-bond donors (Lipinski definition) is 2. The van der Waals surface area contributed by atoms with Crippen LogP contribution in [0.4, 0.5) is 0 Å². The Morgan fingerprint density at radius 1 is 0.865 bits per heavy atom. The van der Waals surface area contributed by atoms with E-state index in [-0.39, 0.29) is 25.1 Å². The number of rotatable bonds is 12. The highest BCUT2D eigenvalue weighted by molar-refractivity contribution is 6.30. The second kappa shape index (κ2) is 12.1. The summed E-state index contributed by atoms with van der Waals surface area (Å²) in [5.41, 5.74) is 2.88. The SMILES string of the molecule is O=C(O)CCCn1nc(-c2ccc(OCc3ccc(Cl)cc3)cc2OCc2ccccc2)cc1C(=O)O. The number of halogens is 1. The van der Waals surface area contributed by atoms with Gasteiger partial charge in [0.15, 0.2) is 0 Å². The van der Waals surface area contributed by atoms with E-state index in [1.54, 1.807) is 30.3 Å². The molecule has 4 rings (SSSR count). The number of hydrogen-bond acceptors (Lipinski definition) is 5. The maximum absolute atomic E-state index is 11.8. The van der Waals surface area contributed by atoms with E-state index in [0.29, 0.717) is 41.0 Å². The predicted octanol–water partition coefficient (Wildman–Crippen LogP) is 5.92. The summed E-state index contributed by atoms with van der Waals surface area (Å²) in [6, 6.07) is 23.8. The van der Waals surface area contributed by atoms with Crippen LogP contribution >= 0.6 is 11.6 Å². The molecule has 37 heavy (non-hydrogen) atoms. The van der Waals surface area contributed by atoms with Gasteiger partial charge in [0.1, 0.15) is 30.4 Å². The third kappa shape index (κ3) is 7.11. The molecule has 0 radical (unpaired) electrons. The molecule has 0 aliphatic carbocycles. The average Bonchev–Trinajstić information content (AvgIpc) is 3.32. The fraction of sp³-hybridized carbons (Fsp3) is 0.179. The van der Waals surface area contributed by atoms with E-state index in [4.69, 9.17) is 26.2 Å². The molecule has 2 N–H and O–H groups in total. The Morgan fingerprint density at radius 2 is 1.57 bits per heavy atom. The van der Waals surface area contributed by atoms with E-state index in [1.165, 1.54) is 10.7 Å². The molecular formula is C28H25ClN2O6. The van der Waals surface area contributed by atoms with Gasteiger partial charge in [0.05, 0.1) is 5.69 Å². The second-order valence-electron chi connectivity index (χ2n) is 8.29. The van der Waals surface area contributed by atoms with Crippen molar-refractivity contribution in [2.24, 2.45) is 0 Å². The van der Waals surface area contributed by atoms with Crippen LogP contribution in [0.25, 0.3) is 11.3 Å².